The molecule has 0 radical (unpaired) electrons. The van der Waals surface area contributed by atoms with Gasteiger partial charge in [0.05, 0.1) is 0 Å². The van der Waals surface area contributed by atoms with Crippen LogP contribution in [0.1, 0.15) is 37.2 Å². The van der Waals surface area contributed by atoms with Gasteiger partial charge >= 0.3 is 0 Å². The Kier molecular flexibility index (Phi) is 2.57. The van der Waals surface area contributed by atoms with E-state index in [1.807, 2.05) is 30.3 Å². The predicted octanol–water partition coefficient (Wildman–Crippen LogP) is 2.03. The summed E-state index contributed by atoms with van der Waals surface area (Å²) in [6, 6.07) is 9.77. The van der Waals surface area contributed by atoms with Crippen molar-refractivity contribution in [1.29, 1.82) is 0 Å². The first-order valence-corrected chi connectivity index (χ1v) is 5.20. The summed E-state index contributed by atoms with van der Waals surface area (Å²) in [7, 11) is 0. The maximum Gasteiger partial charge on any atom is 0.169 e. The van der Waals surface area contributed by atoms with Crippen molar-refractivity contribution in [3.63, 3.8) is 0 Å². The smallest absolute Gasteiger partial charge is 0.169 e. The lowest BCUT2D eigenvalue weighted by molar-refractivity contribution is -0.194. The highest BCUT2D eigenvalue weighted by Crippen LogP contribution is 2.38. The number of hydrogen-bond donors (Lipinski definition) is 2. The SMILES string of the molecule is OC1(O)CCCCC1c1ccccc1. The maximum atomic E-state index is 9.84. The minimum Gasteiger partial charge on any atom is -0.365 e. The van der Waals surface area contributed by atoms with Crippen LogP contribution in [0.2, 0.25) is 0 Å². The van der Waals surface area contributed by atoms with Gasteiger partial charge < -0.3 is 10.2 Å². The molecule has 2 rings (SSSR count). The van der Waals surface area contributed by atoms with Gasteiger partial charge in [-0.25, -0.2) is 0 Å². The van der Waals surface area contributed by atoms with Gasteiger partial charge in [0.1, 0.15) is 0 Å². The Balaban J connectivity index is 2.24. The van der Waals surface area contributed by atoms with Crippen molar-refractivity contribution in [2.45, 2.75) is 37.4 Å². The second-order valence-corrected chi connectivity index (χ2v) is 4.09. The van der Waals surface area contributed by atoms with E-state index in [0.29, 0.717) is 6.42 Å². The molecule has 76 valence electrons. The van der Waals surface area contributed by atoms with E-state index in [9.17, 15) is 10.2 Å². The lowest BCUT2D eigenvalue weighted by atomic mass is 9.79. The summed E-state index contributed by atoms with van der Waals surface area (Å²) in [5, 5.41) is 19.7. The van der Waals surface area contributed by atoms with Crippen LogP contribution >= 0.6 is 0 Å². The highest BCUT2D eigenvalue weighted by molar-refractivity contribution is 5.22. The van der Waals surface area contributed by atoms with Gasteiger partial charge in [0.15, 0.2) is 5.79 Å². The summed E-state index contributed by atoms with van der Waals surface area (Å²) in [4.78, 5) is 0. The van der Waals surface area contributed by atoms with E-state index in [-0.39, 0.29) is 5.92 Å². The van der Waals surface area contributed by atoms with Gasteiger partial charge in [-0.2, -0.15) is 0 Å². The van der Waals surface area contributed by atoms with Crippen LogP contribution in [0.25, 0.3) is 0 Å². The summed E-state index contributed by atoms with van der Waals surface area (Å²) >= 11 is 0. The van der Waals surface area contributed by atoms with Crippen LogP contribution < -0.4 is 0 Å². The molecule has 0 heterocycles. The first-order valence-electron chi connectivity index (χ1n) is 5.20. The van der Waals surface area contributed by atoms with Gasteiger partial charge in [0, 0.05) is 12.3 Å². The van der Waals surface area contributed by atoms with Gasteiger partial charge in [-0.1, -0.05) is 36.8 Å². The Hall–Kier alpha value is -0.860. The zero-order valence-corrected chi connectivity index (χ0v) is 8.19. The lowest BCUT2D eigenvalue weighted by Crippen LogP contribution is -2.38. The summed E-state index contributed by atoms with van der Waals surface area (Å²) in [5.74, 6) is -1.61. The average Bonchev–Trinajstić information content (AvgIpc) is 2.18. The summed E-state index contributed by atoms with van der Waals surface area (Å²) in [5.41, 5.74) is 1.04. The topological polar surface area (TPSA) is 40.5 Å². The van der Waals surface area contributed by atoms with Crippen molar-refractivity contribution in [2.24, 2.45) is 0 Å². The third-order valence-corrected chi connectivity index (χ3v) is 3.05. The average molecular weight is 192 g/mol. The first-order chi connectivity index (χ1) is 6.70. The van der Waals surface area contributed by atoms with Gasteiger partial charge in [-0.3, -0.25) is 0 Å². The van der Waals surface area contributed by atoms with Crippen LogP contribution in [0.3, 0.4) is 0 Å². The highest BCUT2D eigenvalue weighted by Gasteiger charge is 2.37. The fourth-order valence-corrected chi connectivity index (χ4v) is 2.26. The molecule has 1 unspecified atom stereocenters. The molecule has 0 aromatic heterocycles. The van der Waals surface area contributed by atoms with Crippen LogP contribution in [0, 0.1) is 0 Å². The Morgan fingerprint density at radius 1 is 1.07 bits per heavy atom. The quantitative estimate of drug-likeness (QED) is 0.668. The Labute approximate surface area is 84.2 Å². The van der Waals surface area contributed by atoms with Crippen molar-refractivity contribution in [3.05, 3.63) is 35.9 Å². The minimum absolute atomic E-state index is 0.113. The lowest BCUT2D eigenvalue weighted by Gasteiger charge is -2.35. The van der Waals surface area contributed by atoms with Crippen molar-refractivity contribution >= 4 is 0 Å². The van der Waals surface area contributed by atoms with E-state index in [2.05, 4.69) is 0 Å². The van der Waals surface area contributed by atoms with E-state index in [1.165, 1.54) is 0 Å². The highest BCUT2D eigenvalue weighted by atomic mass is 16.5. The molecule has 1 aliphatic carbocycles. The molecule has 14 heavy (non-hydrogen) atoms. The Bertz CT molecular complexity index is 292. The standard InChI is InChI=1S/C12H16O2/c13-12(14)9-5-4-8-11(12)10-6-2-1-3-7-10/h1-3,6-7,11,13-14H,4-5,8-9H2. The van der Waals surface area contributed by atoms with Gasteiger partial charge in [-0.05, 0) is 18.4 Å². The molecule has 2 nitrogen and oxygen atoms in total. The number of rotatable bonds is 1. The van der Waals surface area contributed by atoms with Crippen LogP contribution in [0.4, 0.5) is 0 Å². The molecule has 1 atom stereocenters. The van der Waals surface area contributed by atoms with E-state index in [4.69, 9.17) is 0 Å². The molecule has 1 aromatic carbocycles. The van der Waals surface area contributed by atoms with E-state index < -0.39 is 5.79 Å². The van der Waals surface area contributed by atoms with Crippen LogP contribution in [0.5, 0.6) is 0 Å². The molecule has 2 N–H and O–H groups in total. The first kappa shape index (κ1) is 9.69. The number of hydrogen-bond acceptors (Lipinski definition) is 2. The monoisotopic (exact) mass is 192 g/mol. The van der Waals surface area contributed by atoms with E-state index in [1.54, 1.807) is 0 Å². The fraction of sp³-hybridized carbons (Fsp3) is 0.500. The summed E-state index contributed by atoms with van der Waals surface area (Å²) in [6.45, 7) is 0. The largest absolute Gasteiger partial charge is 0.365 e. The third-order valence-electron chi connectivity index (χ3n) is 3.05. The van der Waals surface area contributed by atoms with Crippen molar-refractivity contribution in [3.8, 4) is 0 Å². The van der Waals surface area contributed by atoms with Gasteiger partial charge in [0.25, 0.3) is 0 Å². The predicted molar refractivity (Wildman–Crippen MR) is 54.8 cm³/mol. The summed E-state index contributed by atoms with van der Waals surface area (Å²) in [6.07, 6.45) is 3.36. The van der Waals surface area contributed by atoms with Crippen molar-refractivity contribution in [1.82, 2.24) is 0 Å². The molecule has 1 aliphatic rings. The van der Waals surface area contributed by atoms with Gasteiger partial charge in [-0.15, -0.1) is 0 Å². The fourth-order valence-electron chi connectivity index (χ4n) is 2.26. The van der Waals surface area contributed by atoms with Crippen molar-refractivity contribution in [2.75, 3.05) is 0 Å². The molecular formula is C12H16O2. The number of aliphatic hydroxyl groups is 2. The van der Waals surface area contributed by atoms with Crippen LogP contribution in [0.15, 0.2) is 30.3 Å². The molecule has 0 aliphatic heterocycles. The molecule has 1 saturated carbocycles. The van der Waals surface area contributed by atoms with E-state index >= 15 is 0 Å². The van der Waals surface area contributed by atoms with Crippen LogP contribution in [-0.4, -0.2) is 16.0 Å². The molecule has 0 amide bonds. The molecule has 1 aromatic rings. The molecular weight excluding hydrogens is 176 g/mol. The number of benzene rings is 1. The molecule has 2 heteroatoms. The Morgan fingerprint density at radius 3 is 2.43 bits per heavy atom. The molecule has 0 spiro atoms. The molecule has 1 fully saturated rings. The van der Waals surface area contributed by atoms with E-state index in [0.717, 1.165) is 24.8 Å². The molecule has 0 saturated heterocycles. The zero-order valence-electron chi connectivity index (χ0n) is 8.19. The third kappa shape index (κ3) is 1.81. The van der Waals surface area contributed by atoms with Gasteiger partial charge in [0.2, 0.25) is 0 Å². The van der Waals surface area contributed by atoms with Crippen LogP contribution in [-0.2, 0) is 0 Å². The zero-order chi connectivity index (χ0) is 10.0. The molecule has 0 bridgehead atoms. The Morgan fingerprint density at radius 2 is 1.79 bits per heavy atom. The normalized spacial score (nSPS) is 26.0. The summed E-state index contributed by atoms with van der Waals surface area (Å²) < 4.78 is 0. The second-order valence-electron chi connectivity index (χ2n) is 4.09. The second kappa shape index (κ2) is 3.71. The maximum absolute atomic E-state index is 9.84. The minimum atomic E-state index is -1.50. The van der Waals surface area contributed by atoms with Crippen molar-refractivity contribution < 1.29 is 10.2 Å².